The van der Waals surface area contributed by atoms with Gasteiger partial charge in [0.05, 0.1) is 29.2 Å². The minimum Gasteiger partial charge on any atom is -0.397 e. The molecule has 1 aromatic carbocycles. The molecule has 0 fully saturated rings. The van der Waals surface area contributed by atoms with Crippen LogP contribution in [0.1, 0.15) is 5.56 Å². The smallest absolute Gasteiger partial charge is 0.0773 e. The summed E-state index contributed by atoms with van der Waals surface area (Å²) in [6, 6.07) is 6.80. The number of anilines is 1. The van der Waals surface area contributed by atoms with E-state index in [0.717, 1.165) is 5.56 Å². The van der Waals surface area contributed by atoms with E-state index in [0.29, 0.717) is 27.0 Å². The van der Waals surface area contributed by atoms with Crippen LogP contribution in [0.3, 0.4) is 0 Å². The van der Waals surface area contributed by atoms with Gasteiger partial charge in [-0.05, 0) is 24.3 Å². The number of nitrogens with zero attached hydrogens (tertiary/aromatic N) is 1. The fourth-order valence-corrected chi connectivity index (χ4v) is 2.07. The fourth-order valence-electron chi connectivity index (χ4n) is 1.57. The lowest BCUT2D eigenvalue weighted by Crippen LogP contribution is -1.97. The van der Waals surface area contributed by atoms with Gasteiger partial charge in [0.2, 0.25) is 0 Å². The maximum Gasteiger partial charge on any atom is 0.0773 e. The highest BCUT2D eigenvalue weighted by molar-refractivity contribution is 6.36. The summed E-state index contributed by atoms with van der Waals surface area (Å²) in [4.78, 5) is 4.20. The van der Waals surface area contributed by atoms with E-state index in [2.05, 4.69) is 4.98 Å². The molecule has 1 aromatic heterocycles. The molecule has 0 unspecified atom stereocenters. The largest absolute Gasteiger partial charge is 0.397 e. The molecule has 0 aliphatic heterocycles. The van der Waals surface area contributed by atoms with Crippen LogP contribution >= 0.6 is 23.2 Å². The van der Waals surface area contributed by atoms with Gasteiger partial charge < -0.3 is 10.8 Å². The number of pyridine rings is 1. The highest BCUT2D eigenvalue weighted by Crippen LogP contribution is 2.31. The number of nitrogens with two attached hydrogens (primary N) is 1. The van der Waals surface area contributed by atoms with Gasteiger partial charge in [-0.2, -0.15) is 0 Å². The van der Waals surface area contributed by atoms with E-state index in [9.17, 15) is 5.11 Å². The van der Waals surface area contributed by atoms with Crippen molar-refractivity contribution in [3.05, 3.63) is 46.1 Å². The van der Waals surface area contributed by atoms with Gasteiger partial charge in [0, 0.05) is 16.1 Å². The second-order valence-electron chi connectivity index (χ2n) is 3.56. The summed E-state index contributed by atoms with van der Waals surface area (Å²) in [7, 11) is 0. The number of rotatable bonds is 2. The van der Waals surface area contributed by atoms with E-state index < -0.39 is 0 Å². The van der Waals surface area contributed by atoms with Crippen molar-refractivity contribution in [2.75, 3.05) is 5.73 Å². The molecule has 88 valence electrons. The van der Waals surface area contributed by atoms with Crippen LogP contribution < -0.4 is 5.73 Å². The predicted molar refractivity (Wildman–Crippen MR) is 70.0 cm³/mol. The lowest BCUT2D eigenvalue weighted by atomic mass is 10.1. The van der Waals surface area contributed by atoms with Gasteiger partial charge in [0.1, 0.15) is 0 Å². The number of hydrogen-bond acceptors (Lipinski definition) is 3. The fraction of sp³-hybridized carbons (Fsp3) is 0.0833. The Balaban J connectivity index is 2.60. The van der Waals surface area contributed by atoms with Crippen molar-refractivity contribution in [2.45, 2.75) is 6.61 Å². The Hall–Kier alpha value is -1.29. The minimum atomic E-state index is -0.146. The van der Waals surface area contributed by atoms with Gasteiger partial charge in [-0.3, -0.25) is 4.98 Å². The lowest BCUT2D eigenvalue weighted by Gasteiger charge is -2.09. The van der Waals surface area contributed by atoms with Crippen molar-refractivity contribution < 1.29 is 5.11 Å². The monoisotopic (exact) mass is 268 g/mol. The molecule has 5 heteroatoms. The van der Waals surface area contributed by atoms with E-state index in [1.165, 1.54) is 6.20 Å². The summed E-state index contributed by atoms with van der Waals surface area (Å²) in [6.45, 7) is -0.146. The third kappa shape index (κ3) is 2.52. The predicted octanol–water partition coefficient (Wildman–Crippen LogP) is 3.13. The van der Waals surface area contributed by atoms with Crippen LogP contribution in [0.25, 0.3) is 11.3 Å². The van der Waals surface area contributed by atoms with Crippen molar-refractivity contribution in [1.29, 1.82) is 0 Å². The average molecular weight is 269 g/mol. The third-order valence-corrected chi connectivity index (χ3v) is 2.89. The van der Waals surface area contributed by atoms with Crippen LogP contribution in [-0.4, -0.2) is 10.1 Å². The molecule has 0 saturated carbocycles. The summed E-state index contributed by atoms with van der Waals surface area (Å²) in [5.74, 6) is 0. The maximum atomic E-state index is 9.28. The molecule has 0 aliphatic carbocycles. The highest BCUT2D eigenvalue weighted by Gasteiger charge is 2.10. The molecule has 17 heavy (non-hydrogen) atoms. The molecule has 0 spiro atoms. The van der Waals surface area contributed by atoms with Crippen molar-refractivity contribution in [3.8, 4) is 11.3 Å². The first-order valence-corrected chi connectivity index (χ1v) is 5.68. The van der Waals surface area contributed by atoms with Crippen LogP contribution in [0.2, 0.25) is 10.0 Å². The van der Waals surface area contributed by atoms with Crippen molar-refractivity contribution >= 4 is 28.9 Å². The van der Waals surface area contributed by atoms with E-state index in [1.54, 1.807) is 24.3 Å². The van der Waals surface area contributed by atoms with E-state index >= 15 is 0 Å². The molecule has 0 atom stereocenters. The summed E-state index contributed by atoms with van der Waals surface area (Å²) in [5.41, 5.74) is 8.09. The topological polar surface area (TPSA) is 59.1 Å². The number of hydrogen-bond donors (Lipinski definition) is 2. The zero-order chi connectivity index (χ0) is 12.4. The molecule has 3 nitrogen and oxygen atoms in total. The summed E-state index contributed by atoms with van der Waals surface area (Å²) in [6.07, 6.45) is 1.53. The Bertz CT molecular complexity index is 558. The maximum absolute atomic E-state index is 9.28. The van der Waals surface area contributed by atoms with Crippen LogP contribution in [0, 0.1) is 0 Å². The molecule has 1 heterocycles. The zero-order valence-corrected chi connectivity index (χ0v) is 10.3. The number of halogens is 2. The SMILES string of the molecule is Nc1cnc(-c2ccc(Cl)cc2Cl)c(CO)c1. The van der Waals surface area contributed by atoms with Crippen LogP contribution in [0.15, 0.2) is 30.5 Å². The normalized spacial score (nSPS) is 10.5. The lowest BCUT2D eigenvalue weighted by molar-refractivity contribution is 0.282. The standard InChI is InChI=1S/C12H10Cl2N2O/c13-8-1-2-10(11(14)4-8)12-7(6-17)3-9(15)5-16-12/h1-5,17H,6,15H2. The van der Waals surface area contributed by atoms with Gasteiger partial charge in [-0.25, -0.2) is 0 Å². The number of aliphatic hydroxyl groups excluding tert-OH is 1. The van der Waals surface area contributed by atoms with Crippen LogP contribution in [-0.2, 0) is 6.61 Å². The minimum absolute atomic E-state index is 0.146. The van der Waals surface area contributed by atoms with Crippen molar-refractivity contribution in [2.24, 2.45) is 0 Å². The first-order chi connectivity index (χ1) is 8.11. The molecule has 0 saturated heterocycles. The van der Waals surface area contributed by atoms with E-state index in [-0.39, 0.29) is 6.61 Å². The van der Waals surface area contributed by atoms with Crippen molar-refractivity contribution in [3.63, 3.8) is 0 Å². The molecule has 2 aromatic rings. The summed E-state index contributed by atoms with van der Waals surface area (Å²) >= 11 is 11.9. The summed E-state index contributed by atoms with van der Waals surface area (Å²) < 4.78 is 0. The first kappa shape index (κ1) is 12.2. The second-order valence-corrected chi connectivity index (χ2v) is 4.40. The average Bonchev–Trinajstić information content (AvgIpc) is 2.30. The molecule has 3 N–H and O–H groups in total. The number of nitrogen functional groups attached to an aromatic ring is 1. The Morgan fingerprint density at radius 3 is 2.65 bits per heavy atom. The second kappa shape index (κ2) is 4.92. The van der Waals surface area contributed by atoms with Crippen LogP contribution in [0.4, 0.5) is 5.69 Å². The van der Waals surface area contributed by atoms with E-state index in [4.69, 9.17) is 28.9 Å². The first-order valence-electron chi connectivity index (χ1n) is 4.92. The number of benzene rings is 1. The Kier molecular flexibility index (Phi) is 3.52. The van der Waals surface area contributed by atoms with E-state index in [1.807, 2.05) is 0 Å². The highest BCUT2D eigenvalue weighted by atomic mass is 35.5. The Morgan fingerprint density at radius 1 is 1.24 bits per heavy atom. The molecule has 0 aliphatic rings. The Morgan fingerprint density at radius 2 is 2.00 bits per heavy atom. The Labute approximate surface area is 109 Å². The van der Waals surface area contributed by atoms with Crippen LogP contribution in [0.5, 0.6) is 0 Å². The quantitative estimate of drug-likeness (QED) is 0.880. The van der Waals surface area contributed by atoms with Gasteiger partial charge in [0.25, 0.3) is 0 Å². The molecule has 2 rings (SSSR count). The van der Waals surface area contributed by atoms with Gasteiger partial charge in [0.15, 0.2) is 0 Å². The van der Waals surface area contributed by atoms with Gasteiger partial charge >= 0.3 is 0 Å². The molecule has 0 radical (unpaired) electrons. The molecule has 0 bridgehead atoms. The third-order valence-electron chi connectivity index (χ3n) is 2.34. The molecule has 0 amide bonds. The number of aromatic nitrogens is 1. The molecular weight excluding hydrogens is 259 g/mol. The zero-order valence-electron chi connectivity index (χ0n) is 8.82. The van der Waals surface area contributed by atoms with Gasteiger partial charge in [-0.15, -0.1) is 0 Å². The summed E-state index contributed by atoms with van der Waals surface area (Å²) in [5, 5.41) is 10.3. The van der Waals surface area contributed by atoms with Gasteiger partial charge in [-0.1, -0.05) is 23.2 Å². The number of aliphatic hydroxyl groups is 1. The molecular formula is C12H10Cl2N2O. The van der Waals surface area contributed by atoms with Crippen molar-refractivity contribution in [1.82, 2.24) is 4.98 Å².